The zero-order valence-corrected chi connectivity index (χ0v) is 9.98. The Hall–Kier alpha value is -1.79. The minimum Gasteiger partial charge on any atom is -0.390 e. The zero-order valence-electron chi connectivity index (χ0n) is 9.22. The van der Waals surface area contributed by atoms with Crippen molar-refractivity contribution in [3.05, 3.63) is 29.3 Å². The lowest BCUT2D eigenvalue weighted by atomic mass is 10.1. The maximum atomic E-state index is 11.7. The van der Waals surface area contributed by atoms with E-state index < -0.39 is 23.8 Å². The van der Waals surface area contributed by atoms with Crippen LogP contribution in [0, 0.1) is 5.92 Å². The predicted octanol–water partition coefficient (Wildman–Crippen LogP) is -0.143. The molecule has 1 saturated heterocycles. The Morgan fingerprint density at radius 1 is 1.50 bits per heavy atom. The largest absolute Gasteiger partial charge is 0.390 e. The van der Waals surface area contributed by atoms with Gasteiger partial charge >= 0.3 is 0 Å². The first-order chi connectivity index (χ1) is 8.59. The van der Waals surface area contributed by atoms with Crippen molar-refractivity contribution in [2.45, 2.75) is 6.10 Å². The summed E-state index contributed by atoms with van der Waals surface area (Å²) in [6.07, 6.45) is -1.05. The van der Waals surface area contributed by atoms with Gasteiger partial charge < -0.3 is 15.3 Å². The third kappa shape index (κ3) is 2.55. The number of aliphatic hydroxyl groups is 1. The number of amides is 2. The van der Waals surface area contributed by atoms with Crippen LogP contribution in [0.3, 0.4) is 0 Å². The maximum absolute atomic E-state index is 11.7. The van der Waals surface area contributed by atoms with E-state index >= 15 is 0 Å². The van der Waals surface area contributed by atoms with Crippen LogP contribution in [0.1, 0.15) is 0 Å². The molecule has 0 bridgehead atoms. The first-order valence-electron chi connectivity index (χ1n) is 5.26. The molecule has 0 spiro atoms. The number of benzene rings is 1. The van der Waals surface area contributed by atoms with E-state index in [4.69, 9.17) is 16.4 Å². The first-order valence-corrected chi connectivity index (χ1v) is 5.64. The molecule has 1 aromatic carbocycles. The van der Waals surface area contributed by atoms with E-state index in [0.29, 0.717) is 5.02 Å². The van der Waals surface area contributed by atoms with Crippen LogP contribution >= 0.6 is 11.6 Å². The van der Waals surface area contributed by atoms with Crippen LogP contribution in [0.2, 0.25) is 5.02 Å². The van der Waals surface area contributed by atoms with Crippen molar-refractivity contribution < 1.29 is 19.5 Å². The van der Waals surface area contributed by atoms with Crippen molar-refractivity contribution in [1.29, 1.82) is 0 Å². The molecule has 0 saturated carbocycles. The summed E-state index contributed by atoms with van der Waals surface area (Å²) >= 11 is 5.82. The molecule has 2 unspecified atom stereocenters. The smallest absolute Gasteiger partial charge is 0.267 e. The molecule has 0 aliphatic carbocycles. The molecule has 96 valence electrons. The van der Waals surface area contributed by atoms with Gasteiger partial charge in [-0.2, -0.15) is 5.48 Å². The monoisotopic (exact) mass is 270 g/mol. The molecule has 3 N–H and O–H groups in total. The SMILES string of the molecule is O=C1NCC(O)C1C(=O)NOc1ccccc1Cl. The molecule has 7 heteroatoms. The van der Waals surface area contributed by atoms with Gasteiger partial charge in [0.25, 0.3) is 5.91 Å². The van der Waals surface area contributed by atoms with Gasteiger partial charge in [0, 0.05) is 6.54 Å². The second-order valence-corrected chi connectivity index (χ2v) is 4.20. The van der Waals surface area contributed by atoms with Gasteiger partial charge in [-0.25, -0.2) is 0 Å². The predicted molar refractivity (Wildman–Crippen MR) is 62.7 cm³/mol. The van der Waals surface area contributed by atoms with Gasteiger partial charge in [0.1, 0.15) is 5.92 Å². The van der Waals surface area contributed by atoms with Crippen LogP contribution in [0.25, 0.3) is 0 Å². The molecular weight excluding hydrogens is 260 g/mol. The summed E-state index contributed by atoms with van der Waals surface area (Å²) in [5, 5.41) is 12.2. The van der Waals surface area contributed by atoms with E-state index in [1.165, 1.54) is 0 Å². The van der Waals surface area contributed by atoms with E-state index in [-0.39, 0.29) is 12.3 Å². The van der Waals surface area contributed by atoms with Crippen molar-refractivity contribution >= 4 is 23.4 Å². The molecule has 6 nitrogen and oxygen atoms in total. The standard InChI is InChI=1S/C11H11ClN2O4/c12-6-3-1-2-4-8(6)18-14-11(17)9-7(15)5-13-10(9)16/h1-4,7,9,15H,5H2,(H,13,16)(H,14,17). The van der Waals surface area contributed by atoms with Gasteiger partial charge in [-0.05, 0) is 12.1 Å². The Balaban J connectivity index is 1.97. The molecule has 0 radical (unpaired) electrons. The second kappa shape index (κ2) is 5.24. The molecule has 1 aliphatic heterocycles. The van der Waals surface area contributed by atoms with Crippen molar-refractivity contribution in [2.75, 3.05) is 6.54 Å². The number of carbonyl (C=O) groups excluding carboxylic acids is 2. The number of carbonyl (C=O) groups is 2. The highest BCUT2D eigenvalue weighted by molar-refractivity contribution is 6.32. The number of halogens is 1. The number of para-hydroxylation sites is 1. The fourth-order valence-corrected chi connectivity index (χ4v) is 1.77. The molecule has 2 amide bonds. The van der Waals surface area contributed by atoms with E-state index in [9.17, 15) is 14.7 Å². The topological polar surface area (TPSA) is 87.7 Å². The first kappa shape index (κ1) is 12.7. The maximum Gasteiger partial charge on any atom is 0.267 e. The molecule has 1 aromatic rings. The van der Waals surface area contributed by atoms with Crippen molar-refractivity contribution in [1.82, 2.24) is 10.8 Å². The Bertz CT molecular complexity index is 480. The summed E-state index contributed by atoms with van der Waals surface area (Å²) in [5.41, 5.74) is 2.10. The number of aliphatic hydroxyl groups excluding tert-OH is 1. The normalized spacial score (nSPS) is 22.4. The fourth-order valence-electron chi connectivity index (χ4n) is 1.60. The van der Waals surface area contributed by atoms with E-state index in [2.05, 4.69) is 10.8 Å². The summed E-state index contributed by atoms with van der Waals surface area (Å²) in [6.45, 7) is 0.0585. The highest BCUT2D eigenvalue weighted by Gasteiger charge is 2.39. The summed E-state index contributed by atoms with van der Waals surface area (Å²) in [6, 6.07) is 6.56. The molecule has 1 heterocycles. The van der Waals surface area contributed by atoms with Crippen LogP contribution in [-0.2, 0) is 9.59 Å². The third-order valence-corrected chi connectivity index (χ3v) is 2.85. The minimum absolute atomic E-state index is 0.0585. The van der Waals surface area contributed by atoms with Crippen LogP contribution in [0.4, 0.5) is 0 Å². The molecule has 2 atom stereocenters. The van der Waals surface area contributed by atoms with Gasteiger partial charge in [0.2, 0.25) is 5.91 Å². The van der Waals surface area contributed by atoms with Crippen molar-refractivity contribution in [3.8, 4) is 5.75 Å². The summed E-state index contributed by atoms with van der Waals surface area (Å²) in [4.78, 5) is 27.9. The number of hydroxylamine groups is 1. The lowest BCUT2D eigenvalue weighted by molar-refractivity contribution is -0.140. The van der Waals surface area contributed by atoms with Gasteiger partial charge in [-0.3, -0.25) is 9.59 Å². The third-order valence-electron chi connectivity index (χ3n) is 2.53. The van der Waals surface area contributed by atoms with Gasteiger partial charge in [-0.1, -0.05) is 23.7 Å². The van der Waals surface area contributed by atoms with Crippen LogP contribution in [0.5, 0.6) is 5.75 Å². The second-order valence-electron chi connectivity index (χ2n) is 3.79. The Kier molecular flexibility index (Phi) is 3.69. The van der Waals surface area contributed by atoms with E-state index in [1.54, 1.807) is 24.3 Å². The number of rotatable bonds is 3. The number of β-amino-alcohol motifs (C(OH)–C–C–N with tert-alkyl or cyclic N) is 1. The number of hydrogen-bond acceptors (Lipinski definition) is 4. The number of hydrogen-bond donors (Lipinski definition) is 3. The Morgan fingerprint density at radius 3 is 2.83 bits per heavy atom. The fraction of sp³-hybridized carbons (Fsp3) is 0.273. The molecule has 18 heavy (non-hydrogen) atoms. The van der Waals surface area contributed by atoms with Crippen LogP contribution in [-0.4, -0.2) is 29.6 Å². The van der Waals surface area contributed by atoms with Gasteiger partial charge in [0.05, 0.1) is 11.1 Å². The van der Waals surface area contributed by atoms with Gasteiger partial charge in [-0.15, -0.1) is 0 Å². The number of nitrogens with one attached hydrogen (secondary N) is 2. The van der Waals surface area contributed by atoms with E-state index in [0.717, 1.165) is 0 Å². The van der Waals surface area contributed by atoms with Crippen LogP contribution in [0.15, 0.2) is 24.3 Å². The quantitative estimate of drug-likeness (QED) is 0.527. The van der Waals surface area contributed by atoms with Crippen molar-refractivity contribution in [3.63, 3.8) is 0 Å². The lowest BCUT2D eigenvalue weighted by Gasteiger charge is -2.12. The highest BCUT2D eigenvalue weighted by atomic mass is 35.5. The van der Waals surface area contributed by atoms with Gasteiger partial charge in [0.15, 0.2) is 5.75 Å². The average molecular weight is 271 g/mol. The average Bonchev–Trinajstić information content (AvgIpc) is 2.68. The zero-order chi connectivity index (χ0) is 13.1. The Morgan fingerprint density at radius 2 is 2.22 bits per heavy atom. The van der Waals surface area contributed by atoms with Crippen LogP contribution < -0.4 is 15.6 Å². The van der Waals surface area contributed by atoms with E-state index in [1.807, 2.05) is 0 Å². The molecule has 0 aromatic heterocycles. The lowest BCUT2D eigenvalue weighted by Crippen LogP contribution is -2.40. The summed E-state index contributed by atoms with van der Waals surface area (Å²) < 4.78 is 0. The molecule has 2 rings (SSSR count). The highest BCUT2D eigenvalue weighted by Crippen LogP contribution is 2.22. The molecular formula is C11H11ClN2O4. The minimum atomic E-state index is -1.16. The Labute approximate surface area is 108 Å². The van der Waals surface area contributed by atoms with Crippen molar-refractivity contribution in [2.24, 2.45) is 5.92 Å². The molecule has 1 fully saturated rings. The summed E-state index contributed by atoms with van der Waals surface area (Å²) in [5.74, 6) is -2.13. The molecule has 1 aliphatic rings. The summed E-state index contributed by atoms with van der Waals surface area (Å²) in [7, 11) is 0.